The molecule has 0 aromatic rings. The summed E-state index contributed by atoms with van der Waals surface area (Å²) in [6.07, 6.45) is 1.68. The highest BCUT2D eigenvalue weighted by Gasteiger charge is 2.29. The highest BCUT2D eigenvalue weighted by molar-refractivity contribution is 7.80. The minimum Gasteiger partial charge on any atom is -0.390 e. The van der Waals surface area contributed by atoms with Crippen LogP contribution in [-0.4, -0.2) is 31.3 Å². The standard InChI is InChI=1S/C5H14O3SSi/c1-8-10(6,7)5-3-2-4-9/h6-7,9H,2-5H2,1H3. The maximum atomic E-state index is 9.00. The first-order valence-corrected chi connectivity index (χ1v) is 5.87. The Morgan fingerprint density at radius 3 is 2.40 bits per heavy atom. The molecule has 0 saturated carbocycles. The normalized spacial score (nSPS) is 12.0. The lowest BCUT2D eigenvalue weighted by Crippen LogP contribution is -2.37. The molecule has 62 valence electrons. The van der Waals surface area contributed by atoms with Crippen molar-refractivity contribution in [3.8, 4) is 0 Å². The Labute approximate surface area is 67.8 Å². The minimum atomic E-state index is -3.25. The quantitative estimate of drug-likeness (QED) is 0.325. The third kappa shape index (κ3) is 5.25. The van der Waals surface area contributed by atoms with E-state index in [2.05, 4.69) is 17.1 Å². The first-order chi connectivity index (χ1) is 4.62. The van der Waals surface area contributed by atoms with Crippen molar-refractivity contribution < 1.29 is 14.0 Å². The third-order valence-electron chi connectivity index (χ3n) is 1.24. The van der Waals surface area contributed by atoms with Crippen LogP contribution < -0.4 is 0 Å². The van der Waals surface area contributed by atoms with Crippen LogP contribution in [0.25, 0.3) is 0 Å². The monoisotopic (exact) mass is 182 g/mol. The van der Waals surface area contributed by atoms with Crippen molar-refractivity contribution in [3.05, 3.63) is 0 Å². The predicted octanol–water partition coefficient (Wildman–Crippen LogP) is 0.266. The molecule has 0 atom stereocenters. The maximum Gasteiger partial charge on any atom is 0.495 e. The van der Waals surface area contributed by atoms with E-state index in [-0.39, 0.29) is 0 Å². The second kappa shape index (κ2) is 5.14. The molecule has 10 heavy (non-hydrogen) atoms. The molecule has 0 radical (unpaired) electrons. The van der Waals surface area contributed by atoms with E-state index in [1.807, 2.05) is 0 Å². The molecule has 0 fully saturated rings. The van der Waals surface area contributed by atoms with Crippen molar-refractivity contribution >= 4 is 21.4 Å². The molecule has 0 amide bonds. The van der Waals surface area contributed by atoms with E-state index in [4.69, 9.17) is 9.59 Å². The Bertz CT molecular complexity index is 89.0. The zero-order valence-corrected chi connectivity index (χ0v) is 7.97. The van der Waals surface area contributed by atoms with E-state index in [0.717, 1.165) is 18.6 Å². The van der Waals surface area contributed by atoms with Gasteiger partial charge in [-0.15, -0.1) is 0 Å². The molecule has 2 N–H and O–H groups in total. The maximum absolute atomic E-state index is 9.00. The van der Waals surface area contributed by atoms with Gasteiger partial charge in [0.1, 0.15) is 0 Å². The van der Waals surface area contributed by atoms with Crippen LogP contribution in [0, 0.1) is 0 Å². The van der Waals surface area contributed by atoms with E-state index >= 15 is 0 Å². The molecule has 0 aromatic heterocycles. The average molecular weight is 182 g/mol. The van der Waals surface area contributed by atoms with Gasteiger partial charge in [0.2, 0.25) is 0 Å². The zero-order chi connectivity index (χ0) is 8.04. The van der Waals surface area contributed by atoms with Crippen molar-refractivity contribution in [1.82, 2.24) is 0 Å². The molecule has 0 spiro atoms. The minimum absolute atomic E-state index is 0.379. The SMILES string of the molecule is CO[Si](O)(O)CCCCS. The van der Waals surface area contributed by atoms with E-state index in [0.29, 0.717) is 6.04 Å². The van der Waals surface area contributed by atoms with Crippen molar-refractivity contribution in [1.29, 1.82) is 0 Å². The third-order valence-corrected chi connectivity index (χ3v) is 3.21. The summed E-state index contributed by atoms with van der Waals surface area (Å²) in [5.41, 5.74) is 0. The molecule has 0 bridgehead atoms. The van der Waals surface area contributed by atoms with E-state index in [1.54, 1.807) is 0 Å². The van der Waals surface area contributed by atoms with Gasteiger partial charge in [0.15, 0.2) is 0 Å². The molecule has 0 saturated heterocycles. The van der Waals surface area contributed by atoms with Crippen LogP contribution in [0.4, 0.5) is 0 Å². The lowest BCUT2D eigenvalue weighted by atomic mass is 10.4. The molecule has 0 aliphatic rings. The van der Waals surface area contributed by atoms with E-state index < -0.39 is 8.80 Å². The van der Waals surface area contributed by atoms with Gasteiger partial charge in [-0.1, -0.05) is 0 Å². The number of hydrogen-bond acceptors (Lipinski definition) is 4. The summed E-state index contributed by atoms with van der Waals surface area (Å²) in [4.78, 5) is 18.0. The number of thiol groups is 1. The van der Waals surface area contributed by atoms with Gasteiger partial charge in [0, 0.05) is 13.2 Å². The summed E-state index contributed by atoms with van der Waals surface area (Å²) < 4.78 is 4.51. The second-order valence-electron chi connectivity index (χ2n) is 2.13. The Morgan fingerprint density at radius 1 is 1.40 bits per heavy atom. The summed E-state index contributed by atoms with van der Waals surface area (Å²) in [5, 5.41) is 0. The first kappa shape index (κ1) is 10.4. The molecule has 0 aromatic carbocycles. The van der Waals surface area contributed by atoms with Crippen molar-refractivity contribution in [3.63, 3.8) is 0 Å². The van der Waals surface area contributed by atoms with Gasteiger partial charge >= 0.3 is 8.80 Å². The predicted molar refractivity (Wildman–Crippen MR) is 45.1 cm³/mol. The number of unbranched alkanes of at least 4 members (excludes halogenated alkanes) is 1. The highest BCUT2D eigenvalue weighted by atomic mass is 32.1. The van der Waals surface area contributed by atoms with Crippen LogP contribution in [0.1, 0.15) is 12.8 Å². The molecular formula is C5H14O3SSi. The largest absolute Gasteiger partial charge is 0.495 e. The number of rotatable bonds is 5. The fraction of sp³-hybridized carbons (Fsp3) is 1.00. The van der Waals surface area contributed by atoms with Gasteiger partial charge in [-0.05, 0) is 18.6 Å². The fourth-order valence-electron chi connectivity index (χ4n) is 0.569. The van der Waals surface area contributed by atoms with Crippen molar-refractivity contribution in [2.75, 3.05) is 12.9 Å². The zero-order valence-electron chi connectivity index (χ0n) is 6.08. The highest BCUT2D eigenvalue weighted by Crippen LogP contribution is 2.08. The lowest BCUT2D eigenvalue weighted by Gasteiger charge is -2.13. The Kier molecular flexibility index (Phi) is 5.37. The average Bonchev–Trinajstić information content (AvgIpc) is 1.89. The van der Waals surface area contributed by atoms with Crippen LogP contribution in [0.3, 0.4) is 0 Å². The Balaban J connectivity index is 3.28. The molecule has 5 heteroatoms. The Morgan fingerprint density at radius 2 is 2.00 bits per heavy atom. The molecule has 0 rings (SSSR count). The van der Waals surface area contributed by atoms with Gasteiger partial charge in [0.25, 0.3) is 0 Å². The van der Waals surface area contributed by atoms with Crippen LogP contribution >= 0.6 is 12.6 Å². The van der Waals surface area contributed by atoms with Crippen LogP contribution in [0.5, 0.6) is 0 Å². The fourth-order valence-corrected chi connectivity index (χ4v) is 1.71. The van der Waals surface area contributed by atoms with Gasteiger partial charge in [-0.2, -0.15) is 12.6 Å². The van der Waals surface area contributed by atoms with E-state index in [1.165, 1.54) is 7.11 Å². The van der Waals surface area contributed by atoms with E-state index in [9.17, 15) is 0 Å². The first-order valence-electron chi connectivity index (χ1n) is 3.23. The molecule has 0 aliphatic carbocycles. The molecule has 0 aliphatic heterocycles. The molecule has 0 heterocycles. The number of hydrogen-bond donors (Lipinski definition) is 3. The van der Waals surface area contributed by atoms with Gasteiger partial charge in [-0.25, -0.2) is 0 Å². The summed E-state index contributed by atoms with van der Waals surface area (Å²) in [7, 11) is -1.92. The smallest absolute Gasteiger partial charge is 0.390 e. The van der Waals surface area contributed by atoms with Gasteiger partial charge < -0.3 is 14.0 Å². The molecular weight excluding hydrogens is 168 g/mol. The summed E-state index contributed by atoms with van der Waals surface area (Å²) in [6, 6.07) is 0.379. The summed E-state index contributed by atoms with van der Waals surface area (Å²) in [6.45, 7) is 0. The van der Waals surface area contributed by atoms with Gasteiger partial charge in [-0.3, -0.25) is 0 Å². The van der Waals surface area contributed by atoms with Crippen molar-refractivity contribution in [2.24, 2.45) is 0 Å². The summed E-state index contributed by atoms with van der Waals surface area (Å²) in [5.74, 6) is 0.786. The second-order valence-corrected chi connectivity index (χ2v) is 4.97. The molecule has 0 unspecified atom stereocenters. The lowest BCUT2D eigenvalue weighted by molar-refractivity contribution is 0.183. The topological polar surface area (TPSA) is 49.7 Å². The van der Waals surface area contributed by atoms with Crippen LogP contribution in [0.2, 0.25) is 6.04 Å². The van der Waals surface area contributed by atoms with Crippen molar-refractivity contribution in [2.45, 2.75) is 18.9 Å². The Hall–Kier alpha value is 0.447. The molecule has 3 nitrogen and oxygen atoms in total. The summed E-state index contributed by atoms with van der Waals surface area (Å²) >= 11 is 3.99. The van der Waals surface area contributed by atoms with Gasteiger partial charge in [0.05, 0.1) is 0 Å². The van der Waals surface area contributed by atoms with Crippen LogP contribution in [-0.2, 0) is 4.43 Å². The van der Waals surface area contributed by atoms with Crippen LogP contribution in [0.15, 0.2) is 0 Å².